The highest BCUT2D eigenvalue weighted by molar-refractivity contribution is 8.93. The molecule has 1 amide bonds. The molecule has 0 aromatic heterocycles. The quantitative estimate of drug-likeness (QED) is 0.502. The number of nitrogens with one attached hydrogen (secondary N) is 1. The number of nitrogens with two attached hydrogens (primary N) is 1. The van der Waals surface area contributed by atoms with E-state index in [4.69, 9.17) is 15.6 Å². The van der Waals surface area contributed by atoms with Gasteiger partial charge in [0.2, 0.25) is 0 Å². The first-order chi connectivity index (χ1) is 12.5. The van der Waals surface area contributed by atoms with Crippen LogP contribution in [0, 0.1) is 0 Å². The van der Waals surface area contributed by atoms with Gasteiger partial charge in [-0.1, -0.05) is 11.8 Å². The SMILES string of the molecule is Br.Br.CC1=C(C(N)=O)SC(N2CCNCC2)N1c1ccc(OCC(=O)O)cc1. The highest BCUT2D eigenvalue weighted by Gasteiger charge is 2.37. The molecule has 0 spiro atoms. The molecule has 1 aromatic carbocycles. The zero-order chi connectivity index (χ0) is 18.7. The maximum absolute atomic E-state index is 11.8. The average Bonchev–Trinajstić information content (AvgIpc) is 2.98. The van der Waals surface area contributed by atoms with Gasteiger partial charge in [0, 0.05) is 37.6 Å². The molecule has 156 valence electrons. The van der Waals surface area contributed by atoms with Crippen LogP contribution in [0.2, 0.25) is 0 Å². The minimum atomic E-state index is -1.02. The van der Waals surface area contributed by atoms with Crippen LogP contribution in [0.3, 0.4) is 0 Å². The summed E-state index contributed by atoms with van der Waals surface area (Å²) in [7, 11) is 0. The number of carboxylic acids is 1. The number of piperazine rings is 1. The molecule has 1 unspecified atom stereocenters. The van der Waals surface area contributed by atoms with Crippen LogP contribution < -0.4 is 20.7 Å². The number of nitrogens with zero attached hydrogens (tertiary/aromatic N) is 2. The van der Waals surface area contributed by atoms with Gasteiger partial charge >= 0.3 is 5.97 Å². The fourth-order valence-electron chi connectivity index (χ4n) is 3.06. The van der Waals surface area contributed by atoms with E-state index in [1.165, 1.54) is 11.8 Å². The first-order valence-corrected chi connectivity index (χ1v) is 9.21. The number of ether oxygens (including phenoxy) is 1. The van der Waals surface area contributed by atoms with Gasteiger partial charge < -0.3 is 25.8 Å². The second kappa shape index (κ2) is 11.1. The Morgan fingerprint density at radius 3 is 2.39 bits per heavy atom. The number of amides is 1. The van der Waals surface area contributed by atoms with E-state index in [1.54, 1.807) is 12.1 Å². The molecule has 28 heavy (non-hydrogen) atoms. The van der Waals surface area contributed by atoms with Crippen LogP contribution in [-0.2, 0) is 9.59 Å². The van der Waals surface area contributed by atoms with Crippen molar-refractivity contribution in [1.82, 2.24) is 10.2 Å². The van der Waals surface area contributed by atoms with Crippen LogP contribution in [-0.4, -0.2) is 60.2 Å². The summed E-state index contributed by atoms with van der Waals surface area (Å²) in [5.74, 6) is -0.955. The van der Waals surface area contributed by atoms with Gasteiger partial charge in [0.25, 0.3) is 5.91 Å². The highest BCUT2D eigenvalue weighted by atomic mass is 79.9. The van der Waals surface area contributed by atoms with E-state index in [0.29, 0.717) is 10.7 Å². The fraction of sp³-hybridized carbons (Fsp3) is 0.412. The van der Waals surface area contributed by atoms with Gasteiger partial charge in [-0.15, -0.1) is 34.0 Å². The predicted molar refractivity (Wildman–Crippen MR) is 120 cm³/mol. The summed E-state index contributed by atoms with van der Waals surface area (Å²) < 4.78 is 5.19. The number of aliphatic carboxylic acids is 1. The van der Waals surface area contributed by atoms with Gasteiger partial charge in [0.1, 0.15) is 11.2 Å². The molecule has 2 aliphatic rings. The van der Waals surface area contributed by atoms with E-state index >= 15 is 0 Å². The van der Waals surface area contributed by atoms with Crippen molar-refractivity contribution in [2.75, 3.05) is 37.7 Å². The number of hydrogen-bond donors (Lipinski definition) is 3. The molecule has 1 aromatic rings. The Balaban J connectivity index is 0.00000196. The molecule has 1 atom stereocenters. The number of hydrogen-bond acceptors (Lipinski definition) is 7. The highest BCUT2D eigenvalue weighted by Crippen LogP contribution is 2.42. The van der Waals surface area contributed by atoms with Crippen LogP contribution in [0.4, 0.5) is 5.69 Å². The summed E-state index contributed by atoms with van der Waals surface area (Å²) in [6, 6.07) is 7.18. The largest absolute Gasteiger partial charge is 0.482 e. The van der Waals surface area contributed by atoms with Gasteiger partial charge in [-0.25, -0.2) is 4.79 Å². The van der Waals surface area contributed by atoms with Crippen molar-refractivity contribution in [1.29, 1.82) is 0 Å². The Bertz CT molecular complexity index is 726. The van der Waals surface area contributed by atoms with E-state index in [2.05, 4.69) is 15.1 Å². The third kappa shape index (κ3) is 5.63. The number of allylic oxidation sites excluding steroid dienone is 1. The molecular weight excluding hydrogens is 516 g/mol. The third-order valence-corrected chi connectivity index (χ3v) is 5.75. The molecular formula is C17H24Br2N4O4S. The molecule has 0 aliphatic carbocycles. The van der Waals surface area contributed by atoms with E-state index in [1.807, 2.05) is 19.1 Å². The van der Waals surface area contributed by atoms with Gasteiger partial charge in [0.05, 0.1) is 4.91 Å². The van der Waals surface area contributed by atoms with Crippen molar-refractivity contribution in [3.8, 4) is 5.75 Å². The second-order valence-corrected chi connectivity index (χ2v) is 7.12. The molecule has 2 heterocycles. The first-order valence-electron chi connectivity index (χ1n) is 8.33. The van der Waals surface area contributed by atoms with Gasteiger partial charge in [-0.3, -0.25) is 9.69 Å². The molecule has 0 bridgehead atoms. The molecule has 0 radical (unpaired) electrons. The smallest absolute Gasteiger partial charge is 0.341 e. The van der Waals surface area contributed by atoms with Crippen LogP contribution in [0.15, 0.2) is 34.9 Å². The molecule has 1 saturated heterocycles. The minimum Gasteiger partial charge on any atom is -0.482 e. The number of carboxylic acid groups (broad SMARTS) is 1. The van der Waals surface area contributed by atoms with Crippen molar-refractivity contribution in [3.05, 3.63) is 34.9 Å². The van der Waals surface area contributed by atoms with E-state index in [9.17, 15) is 9.59 Å². The molecule has 11 heteroatoms. The summed E-state index contributed by atoms with van der Waals surface area (Å²) in [5, 5.41) is 12.0. The lowest BCUT2D eigenvalue weighted by atomic mass is 10.2. The number of carbonyl (C=O) groups excluding carboxylic acids is 1. The van der Waals surface area contributed by atoms with Crippen molar-refractivity contribution < 1.29 is 19.4 Å². The third-order valence-electron chi connectivity index (χ3n) is 4.30. The van der Waals surface area contributed by atoms with Crippen LogP contribution in [0.25, 0.3) is 0 Å². The van der Waals surface area contributed by atoms with Crippen LogP contribution in [0.1, 0.15) is 6.92 Å². The maximum Gasteiger partial charge on any atom is 0.341 e. The van der Waals surface area contributed by atoms with Gasteiger partial charge in [-0.2, -0.15) is 0 Å². The Morgan fingerprint density at radius 2 is 1.86 bits per heavy atom. The summed E-state index contributed by atoms with van der Waals surface area (Å²) in [4.78, 5) is 27.4. The molecule has 1 fully saturated rings. The van der Waals surface area contributed by atoms with Crippen LogP contribution >= 0.6 is 45.7 Å². The standard InChI is InChI=1S/C17H22N4O4S.2BrH/c1-11-15(16(18)24)26-17(20-8-6-19-7-9-20)21(11)12-2-4-13(5-3-12)25-10-14(22)23;;/h2-5,17,19H,6-10H2,1H3,(H2,18,24)(H,22,23);2*1H. The minimum absolute atomic E-state index is 0. The van der Waals surface area contributed by atoms with Gasteiger partial charge in [0.15, 0.2) is 6.61 Å². The molecule has 3 rings (SSSR count). The molecule has 4 N–H and O–H groups in total. The number of benzene rings is 1. The Labute approximate surface area is 189 Å². The van der Waals surface area contributed by atoms with E-state index in [-0.39, 0.29) is 46.1 Å². The van der Waals surface area contributed by atoms with E-state index in [0.717, 1.165) is 37.6 Å². The molecule has 8 nitrogen and oxygen atoms in total. The van der Waals surface area contributed by atoms with Crippen molar-refractivity contribution >= 4 is 63.3 Å². The first kappa shape index (κ1) is 24.8. The number of thioether (sulfide) groups is 1. The topological polar surface area (TPSA) is 108 Å². The summed E-state index contributed by atoms with van der Waals surface area (Å²) in [6.07, 6.45) is 0. The Hall–Kier alpha value is -1.27. The number of carbonyl (C=O) groups is 2. The maximum atomic E-state index is 11.8. The average molecular weight is 540 g/mol. The predicted octanol–water partition coefficient (Wildman–Crippen LogP) is 1.76. The summed E-state index contributed by atoms with van der Waals surface area (Å²) in [5.41, 5.74) is 7.25. The Morgan fingerprint density at radius 1 is 1.25 bits per heavy atom. The Kier molecular flexibility index (Phi) is 9.78. The van der Waals surface area contributed by atoms with Gasteiger partial charge in [-0.05, 0) is 31.2 Å². The lowest BCUT2D eigenvalue weighted by Gasteiger charge is -2.38. The van der Waals surface area contributed by atoms with E-state index < -0.39 is 11.9 Å². The zero-order valence-corrected chi connectivity index (χ0v) is 19.5. The second-order valence-electron chi connectivity index (χ2n) is 6.06. The normalized spacial score (nSPS) is 19.6. The zero-order valence-electron chi connectivity index (χ0n) is 15.3. The molecule has 0 saturated carbocycles. The lowest BCUT2D eigenvalue weighted by Crippen LogP contribution is -2.52. The number of halogens is 2. The summed E-state index contributed by atoms with van der Waals surface area (Å²) in [6.45, 7) is 5.08. The number of primary amides is 1. The summed E-state index contributed by atoms with van der Waals surface area (Å²) >= 11 is 1.47. The number of anilines is 1. The monoisotopic (exact) mass is 538 g/mol. The molecule has 2 aliphatic heterocycles. The fourth-order valence-corrected chi connectivity index (χ4v) is 4.41. The van der Waals surface area contributed by atoms with Crippen molar-refractivity contribution in [3.63, 3.8) is 0 Å². The number of rotatable bonds is 6. The van der Waals surface area contributed by atoms with Crippen molar-refractivity contribution in [2.45, 2.75) is 12.4 Å². The van der Waals surface area contributed by atoms with Crippen LogP contribution in [0.5, 0.6) is 5.75 Å². The van der Waals surface area contributed by atoms with Crippen molar-refractivity contribution in [2.24, 2.45) is 5.73 Å². The lowest BCUT2D eigenvalue weighted by molar-refractivity contribution is -0.139.